The van der Waals surface area contributed by atoms with Crippen molar-refractivity contribution in [2.75, 3.05) is 0 Å². The van der Waals surface area contributed by atoms with E-state index < -0.39 is 0 Å². The van der Waals surface area contributed by atoms with Crippen molar-refractivity contribution >= 4 is 0 Å². The summed E-state index contributed by atoms with van der Waals surface area (Å²) >= 11 is 0. The largest absolute Gasteiger partial charge is 0.256 e. The van der Waals surface area contributed by atoms with E-state index in [1.54, 1.807) is 0 Å². The van der Waals surface area contributed by atoms with Crippen LogP contribution in [0.1, 0.15) is 5.56 Å². The summed E-state index contributed by atoms with van der Waals surface area (Å²) in [5.74, 6) is 0. The summed E-state index contributed by atoms with van der Waals surface area (Å²) in [5.41, 5.74) is 3.48. The predicted octanol–water partition coefficient (Wildman–Crippen LogP) is 3.05. The molecule has 0 saturated carbocycles. The maximum absolute atomic E-state index is 4.29. The number of hydrogen-bond donors (Lipinski definition) is 0. The molecular weight excluding hydrogens is 350 g/mol. The van der Waals surface area contributed by atoms with Gasteiger partial charge in [0.25, 0.3) is 0 Å². The molecule has 0 unspecified atom stereocenters. The summed E-state index contributed by atoms with van der Waals surface area (Å²) in [7, 11) is 0. The summed E-state index contributed by atoms with van der Waals surface area (Å²) in [6.07, 6.45) is 1.82. The van der Waals surface area contributed by atoms with Gasteiger partial charge in [0.2, 0.25) is 0 Å². The van der Waals surface area contributed by atoms with Crippen LogP contribution in [-0.2, 0) is 20.1 Å². The van der Waals surface area contributed by atoms with Gasteiger partial charge in [-0.15, -0.1) is 0 Å². The Hall–Kier alpha value is -0.981. The number of aromatic nitrogens is 1. The number of hydrogen-bond acceptors (Lipinski definition) is 1. The molecule has 0 bridgehead atoms. The van der Waals surface area contributed by atoms with E-state index in [4.69, 9.17) is 0 Å². The molecule has 14 heavy (non-hydrogen) atoms. The van der Waals surface area contributed by atoms with Crippen LogP contribution in [0.2, 0.25) is 0 Å². The molecule has 1 heterocycles. The summed E-state index contributed by atoms with van der Waals surface area (Å²) in [6.45, 7) is 2.09. The molecule has 1 nitrogen and oxygen atoms in total. The molecule has 0 fully saturated rings. The van der Waals surface area contributed by atoms with E-state index in [9.17, 15) is 0 Å². The Morgan fingerprint density at radius 3 is 2.50 bits per heavy atom. The Morgan fingerprint density at radius 1 is 1.00 bits per heavy atom. The molecule has 0 saturated heterocycles. The first-order chi connectivity index (χ1) is 6.36. The molecule has 73 valence electrons. The van der Waals surface area contributed by atoms with Crippen LogP contribution in [0.4, 0.5) is 0 Å². The van der Waals surface area contributed by atoms with Crippen molar-refractivity contribution < 1.29 is 20.1 Å². The Morgan fingerprint density at radius 2 is 1.86 bits per heavy atom. The van der Waals surface area contributed by atoms with E-state index in [-0.39, 0.29) is 20.1 Å². The van der Waals surface area contributed by atoms with Gasteiger partial charge >= 0.3 is 0 Å². The summed E-state index contributed by atoms with van der Waals surface area (Å²) < 4.78 is 0. The van der Waals surface area contributed by atoms with Crippen LogP contribution in [0.15, 0.2) is 48.7 Å². The maximum atomic E-state index is 4.29. The van der Waals surface area contributed by atoms with E-state index in [1.807, 2.05) is 24.4 Å². The van der Waals surface area contributed by atoms with Gasteiger partial charge in [0.15, 0.2) is 0 Å². The summed E-state index contributed by atoms with van der Waals surface area (Å²) in [4.78, 5) is 4.29. The van der Waals surface area contributed by atoms with Gasteiger partial charge in [-0.2, -0.15) is 0 Å². The van der Waals surface area contributed by atoms with E-state index in [1.165, 1.54) is 11.1 Å². The van der Waals surface area contributed by atoms with E-state index in [0.717, 1.165) is 5.69 Å². The third-order valence-electron chi connectivity index (χ3n) is 1.98. The number of benzene rings is 1. The van der Waals surface area contributed by atoms with Crippen molar-refractivity contribution in [2.24, 2.45) is 0 Å². The van der Waals surface area contributed by atoms with Gasteiger partial charge in [0, 0.05) is 31.9 Å². The Balaban J connectivity index is 0.000000980. The first kappa shape index (κ1) is 11.1. The van der Waals surface area contributed by atoms with Gasteiger partial charge < -0.3 is 0 Å². The average molecular weight is 361 g/mol. The molecule has 0 atom stereocenters. The SMILES string of the molecule is Cc1cccc(-c2ccccn2)c1.[Ir]. The van der Waals surface area contributed by atoms with Crippen LogP contribution in [0.25, 0.3) is 11.3 Å². The van der Waals surface area contributed by atoms with Crippen LogP contribution >= 0.6 is 0 Å². The third-order valence-corrected chi connectivity index (χ3v) is 1.98. The van der Waals surface area contributed by atoms with Crippen molar-refractivity contribution in [3.05, 3.63) is 54.2 Å². The van der Waals surface area contributed by atoms with Crippen LogP contribution in [0, 0.1) is 6.92 Å². The second kappa shape index (κ2) is 5.04. The number of aryl methyl sites for hydroxylation is 1. The van der Waals surface area contributed by atoms with Crippen molar-refractivity contribution in [2.45, 2.75) is 6.92 Å². The Labute approximate surface area is 97.6 Å². The number of pyridine rings is 1. The first-order valence-electron chi connectivity index (χ1n) is 4.34. The van der Waals surface area contributed by atoms with Crippen molar-refractivity contribution in [1.29, 1.82) is 0 Å². The molecular formula is C12H11IrN. The normalized spacial score (nSPS) is 9.21. The van der Waals surface area contributed by atoms with Crippen molar-refractivity contribution in [3.63, 3.8) is 0 Å². The van der Waals surface area contributed by atoms with E-state index >= 15 is 0 Å². The standard InChI is InChI=1S/C12H11N.Ir/c1-10-5-4-6-11(9-10)12-7-2-3-8-13-12;/h2-9H,1H3;. The zero-order chi connectivity index (χ0) is 9.10. The fourth-order valence-corrected chi connectivity index (χ4v) is 1.34. The molecule has 2 aromatic rings. The van der Waals surface area contributed by atoms with Gasteiger partial charge in [-0.3, -0.25) is 4.98 Å². The van der Waals surface area contributed by atoms with Crippen LogP contribution in [-0.4, -0.2) is 4.98 Å². The molecule has 0 aliphatic rings. The fourth-order valence-electron chi connectivity index (χ4n) is 1.34. The third kappa shape index (κ3) is 2.50. The topological polar surface area (TPSA) is 12.9 Å². The zero-order valence-electron chi connectivity index (χ0n) is 7.90. The fraction of sp³-hybridized carbons (Fsp3) is 0.0833. The van der Waals surface area contributed by atoms with Gasteiger partial charge in [0.1, 0.15) is 0 Å². The number of nitrogens with zero attached hydrogens (tertiary/aromatic N) is 1. The first-order valence-corrected chi connectivity index (χ1v) is 4.34. The molecule has 2 rings (SSSR count). The molecule has 1 radical (unpaired) electrons. The quantitative estimate of drug-likeness (QED) is 0.761. The van der Waals surface area contributed by atoms with E-state index in [0.29, 0.717) is 0 Å². The minimum absolute atomic E-state index is 0. The smallest absolute Gasteiger partial charge is 0.0702 e. The molecule has 1 aromatic carbocycles. The second-order valence-corrected chi connectivity index (χ2v) is 3.08. The second-order valence-electron chi connectivity index (χ2n) is 3.08. The minimum Gasteiger partial charge on any atom is -0.256 e. The molecule has 0 N–H and O–H groups in total. The van der Waals surface area contributed by atoms with Crippen molar-refractivity contribution in [3.8, 4) is 11.3 Å². The maximum Gasteiger partial charge on any atom is 0.0702 e. The van der Waals surface area contributed by atoms with Crippen LogP contribution < -0.4 is 0 Å². The Bertz CT molecular complexity index is 398. The van der Waals surface area contributed by atoms with Crippen LogP contribution in [0.3, 0.4) is 0 Å². The monoisotopic (exact) mass is 362 g/mol. The molecule has 1 aromatic heterocycles. The summed E-state index contributed by atoms with van der Waals surface area (Å²) in [6, 6.07) is 14.3. The summed E-state index contributed by atoms with van der Waals surface area (Å²) in [5, 5.41) is 0. The predicted molar refractivity (Wildman–Crippen MR) is 54.4 cm³/mol. The van der Waals surface area contributed by atoms with Gasteiger partial charge in [-0.1, -0.05) is 29.8 Å². The van der Waals surface area contributed by atoms with Gasteiger partial charge in [0.05, 0.1) is 5.69 Å². The van der Waals surface area contributed by atoms with E-state index in [2.05, 4.69) is 36.2 Å². The molecule has 0 amide bonds. The van der Waals surface area contributed by atoms with Crippen molar-refractivity contribution in [1.82, 2.24) is 4.98 Å². The zero-order valence-corrected chi connectivity index (χ0v) is 10.3. The van der Waals surface area contributed by atoms with Gasteiger partial charge in [-0.25, -0.2) is 0 Å². The Kier molecular flexibility index (Phi) is 3.99. The average Bonchev–Trinajstić information content (AvgIpc) is 2.19. The minimum atomic E-state index is 0. The number of rotatable bonds is 1. The molecule has 2 heteroatoms. The molecule has 0 aliphatic carbocycles. The molecule has 0 aliphatic heterocycles. The van der Waals surface area contributed by atoms with Gasteiger partial charge in [-0.05, 0) is 25.1 Å². The van der Waals surface area contributed by atoms with Crippen LogP contribution in [0.5, 0.6) is 0 Å². The molecule has 0 spiro atoms.